The molecular formula is C18H16BrNO4. The second kappa shape index (κ2) is 6.02. The van der Waals surface area contributed by atoms with Crippen molar-refractivity contribution in [2.75, 3.05) is 18.7 Å². The molecular weight excluding hydrogens is 374 g/mol. The van der Waals surface area contributed by atoms with Gasteiger partial charge in [-0.05, 0) is 36.8 Å². The van der Waals surface area contributed by atoms with E-state index in [1.807, 2.05) is 37.3 Å². The fraction of sp³-hybridized carbons (Fsp3) is 0.278. The van der Waals surface area contributed by atoms with Crippen molar-refractivity contribution in [1.29, 1.82) is 0 Å². The Bertz CT molecular complexity index is 821. The van der Waals surface area contributed by atoms with E-state index in [1.54, 1.807) is 0 Å². The van der Waals surface area contributed by atoms with Crippen LogP contribution in [0.25, 0.3) is 0 Å². The summed E-state index contributed by atoms with van der Waals surface area (Å²) in [5, 5.41) is 2.93. The zero-order valence-electron chi connectivity index (χ0n) is 13.1. The van der Waals surface area contributed by atoms with Crippen LogP contribution in [0.2, 0.25) is 0 Å². The first-order valence-corrected chi connectivity index (χ1v) is 8.60. The number of nitrogens with one attached hydrogen (secondary N) is 1. The van der Waals surface area contributed by atoms with Crippen LogP contribution in [-0.2, 0) is 4.79 Å². The molecule has 124 valence electrons. The van der Waals surface area contributed by atoms with Gasteiger partial charge in [-0.2, -0.15) is 0 Å². The molecule has 0 saturated carbocycles. The zero-order valence-corrected chi connectivity index (χ0v) is 14.7. The van der Waals surface area contributed by atoms with Crippen LogP contribution < -0.4 is 19.5 Å². The molecule has 4 rings (SSSR count). The largest absolute Gasteiger partial charge is 0.494 e. The number of halogens is 1. The maximum Gasteiger partial charge on any atom is 0.231 e. The van der Waals surface area contributed by atoms with Crippen molar-refractivity contribution in [2.45, 2.75) is 19.3 Å². The number of hydrogen-bond acceptors (Lipinski definition) is 4. The minimum Gasteiger partial charge on any atom is -0.494 e. The van der Waals surface area contributed by atoms with Gasteiger partial charge in [0.2, 0.25) is 12.7 Å². The van der Waals surface area contributed by atoms with Gasteiger partial charge in [-0.25, -0.2) is 0 Å². The van der Waals surface area contributed by atoms with E-state index in [2.05, 4.69) is 21.2 Å². The van der Waals surface area contributed by atoms with Crippen LogP contribution in [-0.4, -0.2) is 19.3 Å². The van der Waals surface area contributed by atoms with Gasteiger partial charge >= 0.3 is 0 Å². The topological polar surface area (TPSA) is 56.8 Å². The average Bonchev–Trinajstić information content (AvgIpc) is 3.01. The molecule has 5 nitrogen and oxygen atoms in total. The Kier molecular flexibility index (Phi) is 3.84. The summed E-state index contributed by atoms with van der Waals surface area (Å²) in [5.41, 5.74) is 2.77. The Morgan fingerprint density at radius 3 is 2.79 bits per heavy atom. The van der Waals surface area contributed by atoms with E-state index < -0.39 is 0 Å². The Morgan fingerprint density at radius 1 is 1.21 bits per heavy atom. The van der Waals surface area contributed by atoms with E-state index in [0.717, 1.165) is 27.0 Å². The number of amides is 1. The molecule has 1 amide bonds. The Morgan fingerprint density at radius 2 is 2.00 bits per heavy atom. The van der Waals surface area contributed by atoms with Crippen molar-refractivity contribution >= 4 is 27.5 Å². The molecule has 2 aliphatic rings. The Balaban J connectivity index is 1.86. The second-order valence-electron chi connectivity index (χ2n) is 5.71. The van der Waals surface area contributed by atoms with Crippen molar-refractivity contribution in [1.82, 2.24) is 0 Å². The van der Waals surface area contributed by atoms with E-state index in [1.165, 1.54) is 0 Å². The predicted octanol–water partition coefficient (Wildman–Crippen LogP) is 4.05. The molecule has 0 fully saturated rings. The summed E-state index contributed by atoms with van der Waals surface area (Å²) >= 11 is 3.52. The maximum absolute atomic E-state index is 12.2. The molecule has 0 aromatic heterocycles. The maximum atomic E-state index is 12.2. The first-order valence-electron chi connectivity index (χ1n) is 7.81. The van der Waals surface area contributed by atoms with Crippen LogP contribution in [0.3, 0.4) is 0 Å². The lowest BCUT2D eigenvalue weighted by molar-refractivity contribution is -0.116. The van der Waals surface area contributed by atoms with Crippen molar-refractivity contribution in [3.63, 3.8) is 0 Å². The first kappa shape index (κ1) is 15.3. The number of carbonyl (C=O) groups excluding carboxylic acids is 1. The van der Waals surface area contributed by atoms with Gasteiger partial charge in [-0.15, -0.1) is 0 Å². The molecule has 1 atom stereocenters. The summed E-state index contributed by atoms with van der Waals surface area (Å²) in [6.45, 7) is 2.73. The SMILES string of the molecule is CCOc1ccc(Br)cc1C1CC(=O)Nc2cc3c(cc21)OCO3. The molecule has 0 aliphatic carbocycles. The normalized spacial score (nSPS) is 18.1. The summed E-state index contributed by atoms with van der Waals surface area (Å²) in [7, 11) is 0. The minimum absolute atomic E-state index is 0.0196. The van der Waals surface area contributed by atoms with Crippen molar-refractivity contribution in [3.8, 4) is 17.2 Å². The lowest BCUT2D eigenvalue weighted by Gasteiger charge is -2.27. The lowest BCUT2D eigenvalue weighted by atomic mass is 9.84. The molecule has 2 aromatic rings. The summed E-state index contributed by atoms with van der Waals surface area (Å²) in [6, 6.07) is 9.68. The molecule has 24 heavy (non-hydrogen) atoms. The van der Waals surface area contributed by atoms with Gasteiger partial charge in [0.25, 0.3) is 0 Å². The smallest absolute Gasteiger partial charge is 0.231 e. The minimum atomic E-state index is -0.0951. The number of fused-ring (bicyclic) bond motifs is 2. The van der Waals surface area contributed by atoms with E-state index >= 15 is 0 Å². The quantitative estimate of drug-likeness (QED) is 0.859. The number of anilines is 1. The van der Waals surface area contributed by atoms with Crippen molar-refractivity contribution in [2.24, 2.45) is 0 Å². The standard InChI is InChI=1S/C18H16BrNO4/c1-2-22-15-4-3-10(19)5-13(15)11-7-18(21)20-14-8-17-16(6-12(11)14)23-9-24-17/h3-6,8,11H,2,7,9H2,1H3,(H,20,21). The summed E-state index contributed by atoms with van der Waals surface area (Å²) in [5.74, 6) is 2.05. The van der Waals surface area contributed by atoms with E-state index in [9.17, 15) is 4.79 Å². The highest BCUT2D eigenvalue weighted by Gasteiger charge is 2.31. The molecule has 0 spiro atoms. The highest BCUT2D eigenvalue weighted by molar-refractivity contribution is 9.10. The molecule has 1 N–H and O–H groups in total. The van der Waals surface area contributed by atoms with Crippen LogP contribution in [0.5, 0.6) is 17.2 Å². The first-order chi connectivity index (χ1) is 11.7. The molecule has 0 bridgehead atoms. The summed E-state index contributed by atoms with van der Waals surface area (Å²) < 4.78 is 17.7. The third-order valence-electron chi connectivity index (χ3n) is 4.23. The van der Waals surface area contributed by atoms with Crippen LogP contribution >= 0.6 is 15.9 Å². The summed E-state index contributed by atoms with van der Waals surface area (Å²) in [4.78, 5) is 12.2. The summed E-state index contributed by atoms with van der Waals surface area (Å²) in [6.07, 6.45) is 0.364. The monoisotopic (exact) mass is 389 g/mol. The van der Waals surface area contributed by atoms with Crippen LogP contribution in [0, 0.1) is 0 Å². The van der Waals surface area contributed by atoms with Crippen molar-refractivity contribution < 1.29 is 19.0 Å². The highest BCUT2D eigenvalue weighted by Crippen LogP contribution is 2.46. The van der Waals surface area contributed by atoms with Gasteiger partial charge in [0.15, 0.2) is 11.5 Å². The third kappa shape index (κ3) is 2.60. The van der Waals surface area contributed by atoms with Crippen molar-refractivity contribution in [3.05, 3.63) is 45.9 Å². The number of benzene rings is 2. The molecule has 0 saturated heterocycles. The second-order valence-corrected chi connectivity index (χ2v) is 6.63. The third-order valence-corrected chi connectivity index (χ3v) is 4.72. The number of hydrogen-bond donors (Lipinski definition) is 1. The van der Waals surface area contributed by atoms with Gasteiger partial charge in [0.1, 0.15) is 5.75 Å². The highest BCUT2D eigenvalue weighted by atomic mass is 79.9. The number of rotatable bonds is 3. The Labute approximate surface area is 148 Å². The molecule has 2 aliphatic heterocycles. The van der Waals surface area contributed by atoms with Crippen LogP contribution in [0.15, 0.2) is 34.8 Å². The molecule has 6 heteroatoms. The molecule has 2 aromatic carbocycles. The number of carbonyl (C=O) groups is 1. The van der Waals surface area contributed by atoms with E-state index in [4.69, 9.17) is 14.2 Å². The molecule has 1 unspecified atom stereocenters. The van der Waals surface area contributed by atoms with Gasteiger partial charge in [-0.3, -0.25) is 4.79 Å². The molecule has 2 heterocycles. The van der Waals surface area contributed by atoms with Gasteiger partial charge in [-0.1, -0.05) is 15.9 Å². The fourth-order valence-corrected chi connectivity index (χ4v) is 3.59. The molecule has 0 radical (unpaired) electrons. The van der Waals surface area contributed by atoms with Crippen LogP contribution in [0.4, 0.5) is 5.69 Å². The number of ether oxygens (including phenoxy) is 3. The lowest BCUT2D eigenvalue weighted by Crippen LogP contribution is -2.23. The van der Waals surface area contributed by atoms with Gasteiger partial charge in [0.05, 0.1) is 6.61 Å². The van der Waals surface area contributed by atoms with E-state index in [-0.39, 0.29) is 18.6 Å². The predicted molar refractivity (Wildman–Crippen MR) is 93.0 cm³/mol. The van der Waals surface area contributed by atoms with Gasteiger partial charge in [0, 0.05) is 34.1 Å². The van der Waals surface area contributed by atoms with Gasteiger partial charge < -0.3 is 19.5 Å². The zero-order chi connectivity index (χ0) is 16.7. The fourth-order valence-electron chi connectivity index (χ4n) is 3.21. The van der Waals surface area contributed by atoms with E-state index in [0.29, 0.717) is 24.5 Å². The van der Waals surface area contributed by atoms with Crippen LogP contribution in [0.1, 0.15) is 30.4 Å². The average molecular weight is 390 g/mol. The Hall–Kier alpha value is -2.21.